The van der Waals surface area contributed by atoms with Crippen molar-refractivity contribution >= 4 is 0 Å². The van der Waals surface area contributed by atoms with E-state index in [1.807, 2.05) is 0 Å². The summed E-state index contributed by atoms with van der Waals surface area (Å²) in [6.07, 6.45) is 6.85. The van der Waals surface area contributed by atoms with Crippen LogP contribution in [0.15, 0.2) is 24.3 Å². The Morgan fingerprint density at radius 1 is 1.17 bits per heavy atom. The molecule has 0 spiro atoms. The number of nitrogens with one attached hydrogen (secondary N) is 1. The molecule has 1 aliphatic rings. The van der Waals surface area contributed by atoms with Crippen LogP contribution in [0.4, 0.5) is 0 Å². The predicted molar refractivity (Wildman–Crippen MR) is 78.8 cm³/mol. The van der Waals surface area contributed by atoms with Crippen LogP contribution in [0.1, 0.15) is 63.1 Å². The van der Waals surface area contributed by atoms with E-state index >= 15 is 0 Å². The van der Waals surface area contributed by atoms with Crippen LogP contribution in [0.25, 0.3) is 0 Å². The maximum atomic E-state index is 3.84. The summed E-state index contributed by atoms with van der Waals surface area (Å²) in [6.45, 7) is 6.80. The van der Waals surface area contributed by atoms with Crippen LogP contribution in [0.5, 0.6) is 0 Å². The van der Waals surface area contributed by atoms with Crippen molar-refractivity contribution in [3.05, 3.63) is 35.4 Å². The van der Waals surface area contributed by atoms with Gasteiger partial charge in [0.2, 0.25) is 0 Å². The van der Waals surface area contributed by atoms with Gasteiger partial charge in [-0.15, -0.1) is 0 Å². The van der Waals surface area contributed by atoms with Crippen molar-refractivity contribution < 1.29 is 0 Å². The smallest absolute Gasteiger partial charge is 0.0320 e. The van der Waals surface area contributed by atoms with Gasteiger partial charge in [-0.25, -0.2) is 0 Å². The maximum absolute atomic E-state index is 3.84. The minimum atomic E-state index is 0.515. The van der Waals surface area contributed by atoms with Gasteiger partial charge >= 0.3 is 0 Å². The lowest BCUT2D eigenvalue weighted by atomic mass is 9.96. The third-order valence-electron chi connectivity index (χ3n) is 4.46. The van der Waals surface area contributed by atoms with E-state index < -0.39 is 0 Å². The van der Waals surface area contributed by atoms with Crippen molar-refractivity contribution in [1.82, 2.24) is 5.32 Å². The topological polar surface area (TPSA) is 12.0 Å². The second-order valence-electron chi connectivity index (χ2n) is 5.87. The number of aryl methyl sites for hydroxylation is 1. The molecule has 100 valence electrons. The molecule has 1 aromatic rings. The van der Waals surface area contributed by atoms with E-state index in [1.54, 1.807) is 0 Å². The molecule has 18 heavy (non-hydrogen) atoms. The Balaban J connectivity index is 1.97. The average molecular weight is 245 g/mol. The third kappa shape index (κ3) is 3.35. The minimum Gasteiger partial charge on any atom is -0.307 e. The maximum Gasteiger partial charge on any atom is 0.0320 e. The monoisotopic (exact) mass is 245 g/mol. The summed E-state index contributed by atoms with van der Waals surface area (Å²) in [5.41, 5.74) is 2.78. The lowest BCUT2D eigenvalue weighted by Gasteiger charge is -2.27. The van der Waals surface area contributed by atoms with Crippen LogP contribution < -0.4 is 5.32 Å². The fourth-order valence-electron chi connectivity index (χ4n) is 3.16. The molecule has 1 unspecified atom stereocenters. The normalized spacial score (nSPS) is 19.9. The number of hydrogen-bond acceptors (Lipinski definition) is 1. The molecule has 0 amide bonds. The van der Waals surface area contributed by atoms with Crippen molar-refractivity contribution in [2.75, 3.05) is 0 Å². The van der Waals surface area contributed by atoms with E-state index in [1.165, 1.54) is 43.2 Å². The van der Waals surface area contributed by atoms with Gasteiger partial charge in [0, 0.05) is 12.1 Å². The van der Waals surface area contributed by atoms with Gasteiger partial charge < -0.3 is 5.32 Å². The van der Waals surface area contributed by atoms with Crippen molar-refractivity contribution in [3.8, 4) is 0 Å². The fraction of sp³-hybridized carbons (Fsp3) is 0.647. The summed E-state index contributed by atoms with van der Waals surface area (Å²) in [4.78, 5) is 0. The molecule has 1 aromatic carbocycles. The van der Waals surface area contributed by atoms with Crippen LogP contribution >= 0.6 is 0 Å². The van der Waals surface area contributed by atoms with Gasteiger partial charge in [-0.1, -0.05) is 49.6 Å². The summed E-state index contributed by atoms with van der Waals surface area (Å²) in [6, 6.07) is 10.2. The van der Waals surface area contributed by atoms with Gasteiger partial charge in [-0.2, -0.15) is 0 Å². The Morgan fingerprint density at radius 2 is 1.78 bits per heavy atom. The zero-order valence-corrected chi connectivity index (χ0v) is 12.1. The first kappa shape index (κ1) is 13.6. The summed E-state index contributed by atoms with van der Waals surface area (Å²) >= 11 is 0. The minimum absolute atomic E-state index is 0.515. The summed E-state index contributed by atoms with van der Waals surface area (Å²) in [5.74, 6) is 0.893. The molecule has 0 bridgehead atoms. The number of hydrogen-bond donors (Lipinski definition) is 1. The highest BCUT2D eigenvalue weighted by molar-refractivity contribution is 5.24. The van der Waals surface area contributed by atoms with Gasteiger partial charge in [0.15, 0.2) is 0 Å². The average Bonchev–Trinajstić information content (AvgIpc) is 2.91. The van der Waals surface area contributed by atoms with Crippen molar-refractivity contribution in [2.24, 2.45) is 5.92 Å². The Kier molecular flexibility index (Phi) is 4.82. The zero-order valence-electron chi connectivity index (χ0n) is 12.1. The molecule has 0 radical (unpaired) electrons. The van der Waals surface area contributed by atoms with Crippen LogP contribution in [-0.4, -0.2) is 6.04 Å². The molecule has 2 atom stereocenters. The lowest BCUT2D eigenvalue weighted by Crippen LogP contribution is -2.35. The Hall–Kier alpha value is -0.820. The molecule has 1 heteroatoms. The highest BCUT2D eigenvalue weighted by Gasteiger charge is 2.23. The molecule has 1 N–H and O–H groups in total. The largest absolute Gasteiger partial charge is 0.307 e. The van der Waals surface area contributed by atoms with Crippen LogP contribution in [-0.2, 0) is 0 Å². The van der Waals surface area contributed by atoms with Crippen LogP contribution in [0.3, 0.4) is 0 Å². The molecule has 0 heterocycles. The van der Waals surface area contributed by atoms with Gasteiger partial charge in [0.05, 0.1) is 0 Å². The molecule has 0 aromatic heterocycles. The predicted octanol–water partition coefficient (Wildman–Crippen LogP) is 4.61. The highest BCUT2D eigenvalue weighted by atomic mass is 14.9. The van der Waals surface area contributed by atoms with Gasteiger partial charge in [0.25, 0.3) is 0 Å². The molecular weight excluding hydrogens is 218 g/mol. The molecule has 1 saturated carbocycles. The molecule has 1 nitrogen and oxygen atoms in total. The van der Waals surface area contributed by atoms with E-state index in [2.05, 4.69) is 50.4 Å². The second-order valence-corrected chi connectivity index (χ2v) is 5.87. The van der Waals surface area contributed by atoms with Crippen molar-refractivity contribution in [2.45, 2.75) is 65.0 Å². The van der Waals surface area contributed by atoms with Crippen LogP contribution in [0.2, 0.25) is 0 Å². The second kappa shape index (κ2) is 6.38. The van der Waals surface area contributed by atoms with E-state index in [4.69, 9.17) is 0 Å². The third-order valence-corrected chi connectivity index (χ3v) is 4.46. The first-order chi connectivity index (χ1) is 8.70. The molecule has 0 saturated heterocycles. The van der Waals surface area contributed by atoms with Gasteiger partial charge in [-0.05, 0) is 44.6 Å². The summed E-state index contributed by atoms with van der Waals surface area (Å²) in [7, 11) is 0. The first-order valence-corrected chi connectivity index (χ1v) is 7.53. The van der Waals surface area contributed by atoms with E-state index in [9.17, 15) is 0 Å². The molecule has 1 aliphatic carbocycles. The zero-order chi connectivity index (χ0) is 13.0. The van der Waals surface area contributed by atoms with E-state index in [0.717, 1.165) is 5.92 Å². The molecule has 1 fully saturated rings. The Morgan fingerprint density at radius 3 is 2.33 bits per heavy atom. The highest BCUT2D eigenvalue weighted by Crippen LogP contribution is 2.29. The lowest BCUT2D eigenvalue weighted by molar-refractivity contribution is 0.339. The van der Waals surface area contributed by atoms with Crippen molar-refractivity contribution in [1.29, 1.82) is 0 Å². The quantitative estimate of drug-likeness (QED) is 0.798. The van der Waals surface area contributed by atoms with Gasteiger partial charge in [-0.3, -0.25) is 0 Å². The Labute approximate surface area is 112 Å². The van der Waals surface area contributed by atoms with Gasteiger partial charge in [0.1, 0.15) is 0 Å². The van der Waals surface area contributed by atoms with E-state index in [0.29, 0.717) is 12.1 Å². The summed E-state index contributed by atoms with van der Waals surface area (Å²) in [5, 5.41) is 3.84. The molecular formula is C17H27N. The molecule has 0 aliphatic heterocycles. The standard InChI is InChI=1S/C17H27N/c1-4-17(16-11-9-13(2)10-12-16)18-14(3)15-7-5-6-8-15/h9-12,14-15,17-18H,4-8H2,1-3H3/t14-,17?/m0/s1. The number of rotatable bonds is 5. The molecule has 2 rings (SSSR count). The Bertz CT molecular complexity index is 348. The number of benzene rings is 1. The van der Waals surface area contributed by atoms with Crippen LogP contribution in [0, 0.1) is 12.8 Å². The summed E-state index contributed by atoms with van der Waals surface area (Å²) < 4.78 is 0. The fourth-order valence-corrected chi connectivity index (χ4v) is 3.16. The van der Waals surface area contributed by atoms with Crippen molar-refractivity contribution in [3.63, 3.8) is 0 Å². The van der Waals surface area contributed by atoms with E-state index in [-0.39, 0.29) is 0 Å². The first-order valence-electron chi connectivity index (χ1n) is 7.53. The SMILES string of the molecule is CCC(N[C@@H](C)C1CCCC1)c1ccc(C)cc1.